The second-order valence-corrected chi connectivity index (χ2v) is 4.13. The van der Waals surface area contributed by atoms with Crippen LogP contribution in [-0.4, -0.2) is 19.7 Å². The molecule has 96 valence electrons. The highest BCUT2D eigenvalue weighted by Crippen LogP contribution is 2.10. The van der Waals surface area contributed by atoms with E-state index >= 15 is 0 Å². The van der Waals surface area contributed by atoms with Gasteiger partial charge in [0.05, 0.1) is 17.2 Å². The highest BCUT2D eigenvalue weighted by atomic mass is 16.5. The van der Waals surface area contributed by atoms with Crippen LogP contribution >= 0.6 is 0 Å². The molecule has 3 rings (SSSR count). The Hall–Kier alpha value is -2.50. The summed E-state index contributed by atoms with van der Waals surface area (Å²) in [6, 6.07) is 7.45. The zero-order chi connectivity index (χ0) is 13.2. The van der Waals surface area contributed by atoms with Crippen LogP contribution in [0.4, 0.5) is 0 Å². The third-order valence-electron chi connectivity index (χ3n) is 2.87. The molecule has 0 aliphatic carbocycles. The van der Waals surface area contributed by atoms with Gasteiger partial charge in [-0.25, -0.2) is 4.98 Å². The van der Waals surface area contributed by atoms with Crippen LogP contribution in [0.2, 0.25) is 0 Å². The molecule has 0 bridgehead atoms. The molecule has 0 atom stereocenters. The lowest BCUT2D eigenvalue weighted by atomic mass is 10.3. The van der Waals surface area contributed by atoms with Gasteiger partial charge in [0.25, 0.3) is 5.56 Å². The SMILES string of the molecule is CCc1noc(Cn2c(=O)cnc3ccccc32)n1. The molecule has 2 aromatic heterocycles. The summed E-state index contributed by atoms with van der Waals surface area (Å²) in [5.41, 5.74) is 1.33. The first kappa shape index (κ1) is 11.6. The number of rotatable bonds is 3. The van der Waals surface area contributed by atoms with E-state index in [1.807, 2.05) is 31.2 Å². The molecular weight excluding hydrogens is 244 g/mol. The van der Waals surface area contributed by atoms with Crippen molar-refractivity contribution in [3.63, 3.8) is 0 Å². The van der Waals surface area contributed by atoms with E-state index in [9.17, 15) is 4.79 Å². The maximum atomic E-state index is 11.9. The lowest BCUT2D eigenvalue weighted by molar-refractivity contribution is 0.366. The summed E-state index contributed by atoms with van der Waals surface area (Å²) in [6.45, 7) is 2.21. The van der Waals surface area contributed by atoms with Crippen molar-refractivity contribution in [1.82, 2.24) is 19.7 Å². The Kier molecular flexibility index (Phi) is 2.83. The van der Waals surface area contributed by atoms with Gasteiger partial charge in [0, 0.05) is 6.42 Å². The van der Waals surface area contributed by atoms with Crippen molar-refractivity contribution in [1.29, 1.82) is 0 Å². The number of nitrogens with zero attached hydrogens (tertiary/aromatic N) is 4. The second-order valence-electron chi connectivity index (χ2n) is 4.13. The Morgan fingerprint density at radius 1 is 1.32 bits per heavy atom. The molecule has 6 heteroatoms. The molecule has 0 amide bonds. The Balaban J connectivity index is 2.09. The first-order chi connectivity index (χ1) is 9.28. The monoisotopic (exact) mass is 256 g/mol. The topological polar surface area (TPSA) is 73.8 Å². The number of aromatic nitrogens is 4. The van der Waals surface area contributed by atoms with Gasteiger partial charge < -0.3 is 4.52 Å². The Morgan fingerprint density at radius 3 is 2.95 bits per heavy atom. The van der Waals surface area contributed by atoms with Gasteiger partial charge in [-0.3, -0.25) is 9.36 Å². The predicted octanol–water partition coefficient (Wildman–Crippen LogP) is 1.39. The third-order valence-corrected chi connectivity index (χ3v) is 2.87. The van der Waals surface area contributed by atoms with E-state index in [0.29, 0.717) is 18.1 Å². The number of para-hydroxylation sites is 2. The molecule has 0 aliphatic rings. The van der Waals surface area contributed by atoms with E-state index in [2.05, 4.69) is 15.1 Å². The standard InChI is InChI=1S/C13H12N4O2/c1-2-11-15-12(19-16-11)8-17-10-6-4-3-5-9(10)14-7-13(17)18/h3-7H,2,8H2,1H3. The minimum atomic E-state index is -0.185. The molecular formula is C13H12N4O2. The van der Waals surface area contributed by atoms with Gasteiger partial charge in [-0.2, -0.15) is 4.98 Å². The van der Waals surface area contributed by atoms with Crippen LogP contribution in [0, 0.1) is 0 Å². The summed E-state index contributed by atoms with van der Waals surface area (Å²) < 4.78 is 6.70. The van der Waals surface area contributed by atoms with Crippen LogP contribution in [-0.2, 0) is 13.0 Å². The molecule has 0 N–H and O–H groups in total. The maximum absolute atomic E-state index is 11.9. The molecule has 0 saturated heterocycles. The Morgan fingerprint density at radius 2 is 2.16 bits per heavy atom. The summed E-state index contributed by atoms with van der Waals surface area (Å²) in [5, 5.41) is 3.82. The maximum Gasteiger partial charge on any atom is 0.269 e. The molecule has 3 aromatic rings. The molecule has 0 unspecified atom stereocenters. The van der Waals surface area contributed by atoms with E-state index in [0.717, 1.165) is 11.0 Å². The fourth-order valence-electron chi connectivity index (χ4n) is 1.91. The van der Waals surface area contributed by atoms with Crippen LogP contribution in [0.1, 0.15) is 18.6 Å². The minimum absolute atomic E-state index is 0.185. The van der Waals surface area contributed by atoms with E-state index in [-0.39, 0.29) is 12.1 Å². The van der Waals surface area contributed by atoms with Crippen LogP contribution in [0.3, 0.4) is 0 Å². The molecule has 6 nitrogen and oxygen atoms in total. The molecule has 2 heterocycles. The van der Waals surface area contributed by atoms with Crippen molar-refractivity contribution in [2.45, 2.75) is 19.9 Å². The molecule has 1 aromatic carbocycles. The van der Waals surface area contributed by atoms with Gasteiger partial charge >= 0.3 is 0 Å². The van der Waals surface area contributed by atoms with Crippen molar-refractivity contribution in [3.8, 4) is 0 Å². The number of hydrogen-bond donors (Lipinski definition) is 0. The predicted molar refractivity (Wildman–Crippen MR) is 68.8 cm³/mol. The fourth-order valence-corrected chi connectivity index (χ4v) is 1.91. The van der Waals surface area contributed by atoms with Gasteiger partial charge in [0.15, 0.2) is 5.82 Å². The lowest BCUT2D eigenvalue weighted by Gasteiger charge is -2.06. The van der Waals surface area contributed by atoms with Gasteiger partial charge in [-0.1, -0.05) is 24.2 Å². The largest absolute Gasteiger partial charge is 0.337 e. The molecule has 0 aliphatic heterocycles. The zero-order valence-corrected chi connectivity index (χ0v) is 10.4. The van der Waals surface area contributed by atoms with Crippen LogP contribution in [0.15, 0.2) is 39.8 Å². The van der Waals surface area contributed by atoms with Gasteiger partial charge in [-0.05, 0) is 12.1 Å². The first-order valence-electron chi connectivity index (χ1n) is 6.04. The summed E-state index contributed by atoms with van der Waals surface area (Å²) in [6.07, 6.45) is 2.01. The Labute approximate surface area is 108 Å². The number of hydrogen-bond acceptors (Lipinski definition) is 5. The minimum Gasteiger partial charge on any atom is -0.337 e. The van der Waals surface area contributed by atoms with E-state index < -0.39 is 0 Å². The Bertz CT molecular complexity index is 775. The van der Waals surface area contributed by atoms with Crippen molar-refractivity contribution in [2.75, 3.05) is 0 Å². The average molecular weight is 256 g/mol. The third kappa shape index (κ3) is 2.12. The highest BCUT2D eigenvalue weighted by Gasteiger charge is 2.09. The first-order valence-corrected chi connectivity index (χ1v) is 6.04. The van der Waals surface area contributed by atoms with Crippen LogP contribution in [0.5, 0.6) is 0 Å². The van der Waals surface area contributed by atoms with Gasteiger partial charge in [0.1, 0.15) is 6.54 Å². The van der Waals surface area contributed by atoms with Gasteiger partial charge in [0.2, 0.25) is 5.89 Å². The van der Waals surface area contributed by atoms with E-state index in [1.54, 1.807) is 4.57 Å². The number of fused-ring (bicyclic) bond motifs is 1. The second kappa shape index (κ2) is 4.64. The van der Waals surface area contributed by atoms with Crippen molar-refractivity contribution < 1.29 is 4.52 Å². The van der Waals surface area contributed by atoms with E-state index in [1.165, 1.54) is 6.20 Å². The van der Waals surface area contributed by atoms with Crippen molar-refractivity contribution in [3.05, 3.63) is 52.5 Å². The quantitative estimate of drug-likeness (QED) is 0.708. The van der Waals surface area contributed by atoms with Crippen LogP contribution < -0.4 is 5.56 Å². The lowest BCUT2D eigenvalue weighted by Crippen LogP contribution is -2.21. The van der Waals surface area contributed by atoms with Crippen molar-refractivity contribution >= 4 is 11.0 Å². The summed E-state index contributed by atoms with van der Waals surface area (Å²) in [7, 11) is 0. The highest BCUT2D eigenvalue weighted by molar-refractivity contribution is 5.74. The molecule has 0 spiro atoms. The molecule has 19 heavy (non-hydrogen) atoms. The zero-order valence-electron chi connectivity index (χ0n) is 10.4. The smallest absolute Gasteiger partial charge is 0.269 e. The molecule has 0 saturated carbocycles. The molecule has 0 fully saturated rings. The van der Waals surface area contributed by atoms with Gasteiger partial charge in [-0.15, -0.1) is 0 Å². The summed E-state index contributed by atoms with van der Waals surface area (Å²) in [5.74, 6) is 1.07. The number of benzene rings is 1. The summed E-state index contributed by atoms with van der Waals surface area (Å²) in [4.78, 5) is 20.2. The van der Waals surface area contributed by atoms with E-state index in [4.69, 9.17) is 4.52 Å². The molecule has 0 radical (unpaired) electrons. The van der Waals surface area contributed by atoms with Crippen molar-refractivity contribution in [2.24, 2.45) is 0 Å². The summed E-state index contributed by atoms with van der Waals surface area (Å²) >= 11 is 0. The van der Waals surface area contributed by atoms with Crippen LogP contribution in [0.25, 0.3) is 11.0 Å². The average Bonchev–Trinajstić information content (AvgIpc) is 2.90. The fraction of sp³-hybridized carbons (Fsp3) is 0.231. The number of aryl methyl sites for hydroxylation is 1. The normalized spacial score (nSPS) is 11.0.